The van der Waals surface area contributed by atoms with Gasteiger partial charge in [-0.25, -0.2) is 4.98 Å². The molecular weight excluding hydrogens is 350 g/mol. The maximum absolute atomic E-state index is 5.31. The summed E-state index contributed by atoms with van der Waals surface area (Å²) >= 11 is 1.73. The third kappa shape index (κ3) is 3.64. The van der Waals surface area contributed by atoms with Gasteiger partial charge in [-0.15, -0.1) is 11.3 Å². The molecule has 3 aromatic carbocycles. The summed E-state index contributed by atoms with van der Waals surface area (Å²) in [5.74, 6) is 0.861. The van der Waals surface area contributed by atoms with E-state index in [9.17, 15) is 0 Å². The van der Waals surface area contributed by atoms with E-state index >= 15 is 0 Å². The zero-order chi connectivity index (χ0) is 18.8. The van der Waals surface area contributed by atoms with Gasteiger partial charge in [0.15, 0.2) is 0 Å². The third-order valence-corrected chi connectivity index (χ3v) is 5.65. The van der Waals surface area contributed by atoms with Crippen LogP contribution in [0, 0.1) is 13.8 Å². The minimum atomic E-state index is 0.861. The Labute approximate surface area is 164 Å². The molecule has 1 heterocycles. The van der Waals surface area contributed by atoms with E-state index in [0.717, 1.165) is 33.1 Å². The number of hydrogen-bond donors (Lipinski definition) is 0. The first-order valence-electron chi connectivity index (χ1n) is 8.93. The summed E-state index contributed by atoms with van der Waals surface area (Å²) in [7, 11) is 1.69. The standard InChI is InChI=1S/C24H21NOS/c1-16-13-17(2)15-20(14-16)22-23(18-9-11-21(26-3)12-10-18)27-24(25-22)19-7-5-4-6-8-19/h4-15H,1-3H3. The summed E-state index contributed by atoms with van der Waals surface area (Å²) in [6, 6.07) is 25.2. The van der Waals surface area contributed by atoms with Gasteiger partial charge in [-0.1, -0.05) is 47.5 Å². The number of ether oxygens (including phenoxy) is 1. The molecule has 0 fully saturated rings. The van der Waals surface area contributed by atoms with Crippen LogP contribution in [0.4, 0.5) is 0 Å². The van der Waals surface area contributed by atoms with Gasteiger partial charge in [0.05, 0.1) is 17.7 Å². The summed E-state index contributed by atoms with van der Waals surface area (Å²) in [4.78, 5) is 6.22. The molecule has 134 valence electrons. The van der Waals surface area contributed by atoms with Crippen LogP contribution in [0.1, 0.15) is 11.1 Å². The Kier molecular flexibility index (Phi) is 4.78. The minimum Gasteiger partial charge on any atom is -0.497 e. The van der Waals surface area contributed by atoms with Gasteiger partial charge in [-0.05, 0) is 55.8 Å². The number of rotatable bonds is 4. The molecule has 0 radical (unpaired) electrons. The predicted octanol–water partition coefficient (Wildman–Crippen LogP) is 6.77. The smallest absolute Gasteiger partial charge is 0.124 e. The molecule has 0 unspecified atom stereocenters. The quantitative estimate of drug-likeness (QED) is 0.395. The van der Waals surface area contributed by atoms with Crippen molar-refractivity contribution in [3.8, 4) is 38.0 Å². The number of hydrogen-bond acceptors (Lipinski definition) is 3. The lowest BCUT2D eigenvalue weighted by atomic mass is 10.0. The van der Waals surface area contributed by atoms with Gasteiger partial charge in [0.2, 0.25) is 0 Å². The summed E-state index contributed by atoms with van der Waals surface area (Å²) in [6.07, 6.45) is 0. The molecule has 2 nitrogen and oxygen atoms in total. The molecule has 3 heteroatoms. The van der Waals surface area contributed by atoms with Crippen molar-refractivity contribution in [3.63, 3.8) is 0 Å². The van der Waals surface area contributed by atoms with Gasteiger partial charge >= 0.3 is 0 Å². The van der Waals surface area contributed by atoms with Crippen molar-refractivity contribution in [2.24, 2.45) is 0 Å². The van der Waals surface area contributed by atoms with Gasteiger partial charge in [0, 0.05) is 11.1 Å². The largest absolute Gasteiger partial charge is 0.497 e. The second-order valence-electron chi connectivity index (χ2n) is 6.67. The first-order chi connectivity index (χ1) is 13.1. The Morgan fingerprint density at radius 2 is 1.41 bits per heavy atom. The molecule has 0 aliphatic carbocycles. The highest BCUT2D eigenvalue weighted by molar-refractivity contribution is 7.19. The van der Waals surface area contributed by atoms with E-state index in [1.54, 1.807) is 18.4 Å². The van der Waals surface area contributed by atoms with Crippen LogP contribution in [0.15, 0.2) is 72.8 Å². The molecule has 0 bridgehead atoms. The fraction of sp³-hybridized carbons (Fsp3) is 0.125. The number of aromatic nitrogens is 1. The summed E-state index contributed by atoms with van der Waals surface area (Å²) in [5.41, 5.74) is 7.00. The molecule has 0 saturated heterocycles. The van der Waals surface area contributed by atoms with Crippen LogP contribution in [0.25, 0.3) is 32.3 Å². The van der Waals surface area contributed by atoms with Gasteiger partial charge < -0.3 is 4.74 Å². The van der Waals surface area contributed by atoms with Crippen molar-refractivity contribution < 1.29 is 4.74 Å². The van der Waals surface area contributed by atoms with Crippen LogP contribution < -0.4 is 4.74 Å². The number of methoxy groups -OCH3 is 1. The van der Waals surface area contributed by atoms with Crippen molar-refractivity contribution in [2.45, 2.75) is 13.8 Å². The third-order valence-electron chi connectivity index (χ3n) is 4.50. The van der Waals surface area contributed by atoms with Gasteiger partial charge in [0.1, 0.15) is 10.8 Å². The molecule has 0 atom stereocenters. The number of thiazole rings is 1. The monoisotopic (exact) mass is 371 g/mol. The molecule has 1 aromatic heterocycles. The number of nitrogens with zero attached hydrogens (tertiary/aromatic N) is 1. The van der Waals surface area contributed by atoms with Crippen LogP contribution >= 0.6 is 11.3 Å². The zero-order valence-electron chi connectivity index (χ0n) is 15.7. The molecule has 0 aliphatic rings. The molecule has 4 rings (SSSR count). The predicted molar refractivity (Wildman–Crippen MR) is 114 cm³/mol. The van der Waals surface area contributed by atoms with Gasteiger partial charge in [-0.2, -0.15) is 0 Å². The molecule has 0 N–H and O–H groups in total. The van der Waals surface area contributed by atoms with Crippen LogP contribution in [0.5, 0.6) is 5.75 Å². The van der Waals surface area contributed by atoms with Gasteiger partial charge in [0.25, 0.3) is 0 Å². The number of benzene rings is 3. The molecule has 27 heavy (non-hydrogen) atoms. The van der Waals surface area contributed by atoms with Crippen LogP contribution in [-0.2, 0) is 0 Å². The second-order valence-corrected chi connectivity index (χ2v) is 7.67. The Bertz CT molecular complexity index is 1050. The lowest BCUT2D eigenvalue weighted by molar-refractivity contribution is 0.415. The van der Waals surface area contributed by atoms with E-state index in [1.807, 2.05) is 18.2 Å². The fourth-order valence-corrected chi connectivity index (χ4v) is 4.37. The van der Waals surface area contributed by atoms with E-state index in [-0.39, 0.29) is 0 Å². The summed E-state index contributed by atoms with van der Waals surface area (Å²) in [5, 5.41) is 1.04. The first-order valence-corrected chi connectivity index (χ1v) is 9.75. The average molecular weight is 372 g/mol. The lowest BCUT2D eigenvalue weighted by Gasteiger charge is -2.06. The van der Waals surface area contributed by atoms with E-state index in [0.29, 0.717) is 0 Å². The summed E-state index contributed by atoms with van der Waals surface area (Å²) in [6.45, 7) is 4.27. The fourth-order valence-electron chi connectivity index (χ4n) is 3.27. The molecular formula is C24H21NOS. The normalized spacial score (nSPS) is 10.8. The Morgan fingerprint density at radius 1 is 0.741 bits per heavy atom. The highest BCUT2D eigenvalue weighted by atomic mass is 32.1. The molecule has 0 spiro atoms. The van der Waals surface area contributed by atoms with Gasteiger partial charge in [-0.3, -0.25) is 0 Å². The van der Waals surface area contributed by atoms with Crippen LogP contribution in [-0.4, -0.2) is 12.1 Å². The highest BCUT2D eigenvalue weighted by Gasteiger charge is 2.16. The van der Waals surface area contributed by atoms with Crippen LogP contribution in [0.3, 0.4) is 0 Å². The lowest BCUT2D eigenvalue weighted by Crippen LogP contribution is -1.87. The molecule has 0 saturated carbocycles. The van der Waals surface area contributed by atoms with Crippen molar-refractivity contribution in [1.82, 2.24) is 4.98 Å². The van der Waals surface area contributed by atoms with Crippen molar-refractivity contribution in [3.05, 3.63) is 83.9 Å². The van der Waals surface area contributed by atoms with Crippen molar-refractivity contribution in [1.29, 1.82) is 0 Å². The average Bonchev–Trinajstić information content (AvgIpc) is 3.13. The zero-order valence-corrected chi connectivity index (χ0v) is 16.5. The molecule has 0 aliphatic heterocycles. The maximum atomic E-state index is 5.31. The van der Waals surface area contributed by atoms with Crippen molar-refractivity contribution >= 4 is 11.3 Å². The maximum Gasteiger partial charge on any atom is 0.124 e. The van der Waals surface area contributed by atoms with E-state index in [2.05, 4.69) is 68.4 Å². The Balaban J connectivity index is 1.90. The number of aryl methyl sites for hydroxylation is 2. The highest BCUT2D eigenvalue weighted by Crippen LogP contribution is 2.41. The molecule has 0 amide bonds. The minimum absolute atomic E-state index is 0.861. The van der Waals surface area contributed by atoms with Crippen molar-refractivity contribution in [2.75, 3.05) is 7.11 Å². The summed E-state index contributed by atoms with van der Waals surface area (Å²) < 4.78 is 5.31. The van der Waals surface area contributed by atoms with Crippen LogP contribution in [0.2, 0.25) is 0 Å². The Morgan fingerprint density at radius 3 is 2.04 bits per heavy atom. The second kappa shape index (κ2) is 7.37. The van der Waals surface area contributed by atoms with E-state index in [1.165, 1.54) is 16.0 Å². The first kappa shape index (κ1) is 17.5. The SMILES string of the molecule is COc1ccc(-c2sc(-c3ccccc3)nc2-c2cc(C)cc(C)c2)cc1. The topological polar surface area (TPSA) is 22.1 Å². The Hall–Kier alpha value is -2.91. The van der Waals surface area contributed by atoms with E-state index < -0.39 is 0 Å². The molecule has 4 aromatic rings. The van der Waals surface area contributed by atoms with E-state index in [4.69, 9.17) is 9.72 Å².